The number of rotatable bonds is 2. The highest BCUT2D eigenvalue weighted by atomic mass is 35.5. The van der Waals surface area contributed by atoms with Gasteiger partial charge in [-0.1, -0.05) is 28.9 Å². The van der Waals surface area contributed by atoms with E-state index < -0.39 is 24.3 Å². The first kappa shape index (κ1) is 13.5. The minimum atomic E-state index is -2.75. The number of halogens is 3. The highest BCUT2D eigenvalue weighted by molar-refractivity contribution is 6.31. The summed E-state index contributed by atoms with van der Waals surface area (Å²) in [6.45, 7) is 1.87. The van der Waals surface area contributed by atoms with Crippen molar-refractivity contribution in [3.05, 3.63) is 34.7 Å². The summed E-state index contributed by atoms with van der Waals surface area (Å²) in [5.41, 5.74) is 6.19. The van der Waals surface area contributed by atoms with Crippen LogP contribution in [0.2, 0.25) is 5.02 Å². The fourth-order valence-electron chi connectivity index (χ4n) is 2.30. The van der Waals surface area contributed by atoms with Gasteiger partial charge >= 0.3 is 0 Å². The summed E-state index contributed by atoms with van der Waals surface area (Å²) in [5, 5.41) is 4.36. The van der Waals surface area contributed by atoms with Crippen molar-refractivity contribution >= 4 is 11.6 Å². The molecular formula is C13H12ClF2N3O. The Morgan fingerprint density at radius 1 is 1.35 bits per heavy atom. The summed E-state index contributed by atoms with van der Waals surface area (Å²) in [5.74, 6) is -2.42. The molecule has 0 atom stereocenters. The lowest BCUT2D eigenvalue weighted by atomic mass is 9.74. The molecule has 1 aliphatic rings. The summed E-state index contributed by atoms with van der Waals surface area (Å²) in [6, 6.07) is 5.31. The Hall–Kier alpha value is -1.53. The second-order valence-corrected chi connectivity index (χ2v) is 5.66. The molecule has 0 spiro atoms. The minimum absolute atomic E-state index is 0.0372. The van der Waals surface area contributed by atoms with Gasteiger partial charge in [0.05, 0.1) is 0 Å². The zero-order valence-electron chi connectivity index (χ0n) is 10.7. The van der Waals surface area contributed by atoms with E-state index in [9.17, 15) is 8.78 Å². The van der Waals surface area contributed by atoms with Gasteiger partial charge in [0.15, 0.2) is 0 Å². The van der Waals surface area contributed by atoms with Gasteiger partial charge in [0.25, 0.3) is 5.92 Å². The van der Waals surface area contributed by atoms with Crippen molar-refractivity contribution in [1.29, 1.82) is 0 Å². The Morgan fingerprint density at radius 2 is 2.05 bits per heavy atom. The van der Waals surface area contributed by atoms with Crippen LogP contribution in [0, 0.1) is 6.92 Å². The van der Waals surface area contributed by atoms with Gasteiger partial charge in [-0.2, -0.15) is 4.98 Å². The second-order valence-electron chi connectivity index (χ2n) is 5.25. The summed E-state index contributed by atoms with van der Waals surface area (Å²) >= 11 is 6.03. The van der Waals surface area contributed by atoms with Gasteiger partial charge in [0, 0.05) is 23.4 Å². The van der Waals surface area contributed by atoms with Crippen molar-refractivity contribution in [2.45, 2.75) is 31.2 Å². The van der Waals surface area contributed by atoms with Crippen molar-refractivity contribution in [3.8, 4) is 11.4 Å². The van der Waals surface area contributed by atoms with E-state index >= 15 is 0 Å². The molecule has 1 saturated carbocycles. The van der Waals surface area contributed by atoms with Gasteiger partial charge in [0.1, 0.15) is 5.54 Å². The maximum atomic E-state index is 13.0. The van der Waals surface area contributed by atoms with Crippen molar-refractivity contribution in [3.63, 3.8) is 0 Å². The Balaban J connectivity index is 1.89. The molecule has 20 heavy (non-hydrogen) atoms. The van der Waals surface area contributed by atoms with Crippen LogP contribution in [0.3, 0.4) is 0 Å². The van der Waals surface area contributed by atoms with E-state index in [1.54, 1.807) is 12.1 Å². The van der Waals surface area contributed by atoms with Crippen molar-refractivity contribution in [2.24, 2.45) is 5.73 Å². The van der Waals surface area contributed by atoms with Gasteiger partial charge in [-0.3, -0.25) is 0 Å². The SMILES string of the molecule is Cc1ccc(-c2noc(C3(N)CC(F)(F)C3)n2)cc1Cl. The van der Waals surface area contributed by atoms with Crippen LogP contribution in [0.25, 0.3) is 11.4 Å². The average Bonchev–Trinajstić information content (AvgIpc) is 2.80. The lowest BCUT2D eigenvalue weighted by Crippen LogP contribution is -2.55. The van der Waals surface area contributed by atoms with E-state index in [2.05, 4.69) is 10.1 Å². The lowest BCUT2D eigenvalue weighted by molar-refractivity contribution is -0.133. The standard InChI is InChI=1S/C13H12ClF2N3O/c1-7-2-3-8(4-9(7)14)10-18-11(20-19-10)12(17)5-13(15,16)6-12/h2-4H,5-6,17H2,1H3. The topological polar surface area (TPSA) is 64.9 Å². The second kappa shape index (κ2) is 4.23. The fourth-order valence-corrected chi connectivity index (χ4v) is 2.48. The molecule has 1 heterocycles. The normalized spacial score (nSPS) is 19.6. The molecule has 1 aliphatic carbocycles. The molecule has 106 valence electrons. The first-order valence-corrected chi connectivity index (χ1v) is 6.44. The van der Waals surface area contributed by atoms with Gasteiger partial charge in [0.2, 0.25) is 11.7 Å². The Bertz CT molecular complexity index is 663. The van der Waals surface area contributed by atoms with Crippen LogP contribution in [0.5, 0.6) is 0 Å². The predicted molar refractivity (Wildman–Crippen MR) is 69.5 cm³/mol. The van der Waals surface area contributed by atoms with E-state index in [-0.39, 0.29) is 5.89 Å². The molecular weight excluding hydrogens is 288 g/mol. The van der Waals surface area contributed by atoms with Crippen LogP contribution in [-0.4, -0.2) is 16.1 Å². The fraction of sp³-hybridized carbons (Fsp3) is 0.385. The average molecular weight is 300 g/mol. The quantitative estimate of drug-likeness (QED) is 0.924. The first-order chi connectivity index (χ1) is 9.29. The maximum Gasteiger partial charge on any atom is 0.252 e. The third-order valence-electron chi connectivity index (χ3n) is 3.43. The zero-order valence-corrected chi connectivity index (χ0v) is 11.4. The van der Waals surface area contributed by atoms with Gasteiger partial charge in [-0.05, 0) is 18.6 Å². The predicted octanol–water partition coefficient (Wildman–Crippen LogP) is 3.28. The van der Waals surface area contributed by atoms with Crippen LogP contribution in [-0.2, 0) is 5.54 Å². The van der Waals surface area contributed by atoms with Crippen LogP contribution in [0.4, 0.5) is 8.78 Å². The molecule has 1 aromatic heterocycles. The van der Waals surface area contributed by atoms with Crippen LogP contribution in [0.15, 0.2) is 22.7 Å². The Labute approximate surface area is 118 Å². The molecule has 0 unspecified atom stereocenters. The third-order valence-corrected chi connectivity index (χ3v) is 3.84. The van der Waals surface area contributed by atoms with E-state index in [0.717, 1.165) is 5.56 Å². The van der Waals surface area contributed by atoms with Crippen molar-refractivity contribution < 1.29 is 13.3 Å². The van der Waals surface area contributed by atoms with E-state index in [4.69, 9.17) is 21.9 Å². The molecule has 2 N–H and O–H groups in total. The monoisotopic (exact) mass is 299 g/mol. The number of nitrogens with two attached hydrogens (primary N) is 1. The Morgan fingerprint density at radius 3 is 2.65 bits per heavy atom. The number of nitrogens with zero attached hydrogens (tertiary/aromatic N) is 2. The van der Waals surface area contributed by atoms with Crippen LogP contribution >= 0.6 is 11.6 Å². The van der Waals surface area contributed by atoms with E-state index in [1.165, 1.54) is 0 Å². The summed E-state index contributed by atoms with van der Waals surface area (Å²) in [7, 11) is 0. The summed E-state index contributed by atoms with van der Waals surface area (Å²) in [4.78, 5) is 4.12. The third kappa shape index (κ3) is 2.19. The van der Waals surface area contributed by atoms with Gasteiger partial charge < -0.3 is 10.3 Å². The number of aryl methyl sites for hydroxylation is 1. The highest BCUT2D eigenvalue weighted by Gasteiger charge is 2.58. The molecule has 0 aliphatic heterocycles. The van der Waals surface area contributed by atoms with E-state index in [1.807, 2.05) is 13.0 Å². The minimum Gasteiger partial charge on any atom is -0.337 e. The van der Waals surface area contributed by atoms with Crippen molar-refractivity contribution in [1.82, 2.24) is 10.1 Å². The summed E-state index contributed by atoms with van der Waals surface area (Å²) in [6.07, 6.45) is -0.952. The van der Waals surface area contributed by atoms with Gasteiger partial charge in [-0.25, -0.2) is 8.78 Å². The molecule has 2 aromatic rings. The number of alkyl halides is 2. The van der Waals surface area contributed by atoms with Crippen LogP contribution < -0.4 is 5.73 Å². The number of hydrogen-bond donors (Lipinski definition) is 1. The summed E-state index contributed by atoms with van der Waals surface area (Å²) < 4.78 is 30.9. The number of aromatic nitrogens is 2. The molecule has 3 rings (SSSR count). The first-order valence-electron chi connectivity index (χ1n) is 6.07. The molecule has 0 saturated heterocycles. The molecule has 4 nitrogen and oxygen atoms in total. The van der Waals surface area contributed by atoms with Crippen LogP contribution in [0.1, 0.15) is 24.3 Å². The Kier molecular flexibility index (Phi) is 2.85. The number of benzene rings is 1. The number of hydrogen-bond acceptors (Lipinski definition) is 4. The molecule has 0 amide bonds. The lowest BCUT2D eigenvalue weighted by Gasteiger charge is -2.41. The molecule has 1 fully saturated rings. The maximum absolute atomic E-state index is 13.0. The highest BCUT2D eigenvalue weighted by Crippen LogP contribution is 2.49. The van der Waals surface area contributed by atoms with Gasteiger partial charge in [-0.15, -0.1) is 0 Å². The van der Waals surface area contributed by atoms with Crippen molar-refractivity contribution in [2.75, 3.05) is 0 Å². The van der Waals surface area contributed by atoms with E-state index in [0.29, 0.717) is 16.4 Å². The molecule has 0 bridgehead atoms. The largest absolute Gasteiger partial charge is 0.337 e. The molecule has 7 heteroatoms. The zero-order chi connectivity index (χ0) is 14.5. The molecule has 0 radical (unpaired) electrons. The molecule has 1 aromatic carbocycles. The smallest absolute Gasteiger partial charge is 0.252 e.